The van der Waals surface area contributed by atoms with Crippen molar-refractivity contribution in [3.8, 4) is 5.88 Å². The van der Waals surface area contributed by atoms with Crippen LogP contribution in [-0.2, 0) is 0 Å². The van der Waals surface area contributed by atoms with Gasteiger partial charge in [0.2, 0.25) is 5.88 Å². The van der Waals surface area contributed by atoms with Gasteiger partial charge in [-0.1, -0.05) is 0 Å². The topological polar surface area (TPSA) is 107 Å². The molecule has 0 spiro atoms. The van der Waals surface area contributed by atoms with E-state index >= 15 is 0 Å². The molecule has 1 aliphatic rings. The van der Waals surface area contributed by atoms with Gasteiger partial charge in [-0.25, -0.2) is 0 Å². The van der Waals surface area contributed by atoms with E-state index in [9.17, 15) is 15.2 Å². The maximum absolute atomic E-state index is 10.8. The van der Waals surface area contributed by atoms with E-state index in [1.807, 2.05) is 0 Å². The molecule has 1 aliphatic heterocycles. The van der Waals surface area contributed by atoms with Gasteiger partial charge in [-0.15, -0.1) is 0 Å². The number of nitrogens with zero attached hydrogens (tertiary/aromatic N) is 2. The lowest BCUT2D eigenvalue weighted by atomic mass is 10.1. The highest BCUT2D eigenvalue weighted by molar-refractivity contribution is 7.71. The predicted molar refractivity (Wildman–Crippen MR) is 76.8 cm³/mol. The predicted octanol–water partition coefficient (Wildman–Crippen LogP) is 2.94. The number of hydrogen-bond acceptors (Lipinski definition) is 5. The first-order valence-electron chi connectivity index (χ1n) is 5.60. The Morgan fingerprint density at radius 2 is 2.20 bits per heavy atom. The minimum atomic E-state index is -0.461. The lowest BCUT2D eigenvalue weighted by Crippen LogP contribution is -1.89. The Labute approximate surface area is 117 Å². The molecule has 100 valence electrons. The Morgan fingerprint density at radius 3 is 2.85 bits per heavy atom. The standard InChI is InChI=1S/C12H8N4O3S/c17-11-10(14-12(20)15-11)3-6-5-13-9-2-1-7(16(18)19)4-8(6)9/h1-5,17H,(H2,14,15,20)/b6-3+. The average Bonchev–Trinajstić information content (AvgIpc) is 2.93. The van der Waals surface area contributed by atoms with E-state index in [0.717, 1.165) is 0 Å². The smallest absolute Gasteiger partial charge is 0.270 e. The first-order chi connectivity index (χ1) is 9.54. The molecule has 8 heteroatoms. The molecule has 0 amide bonds. The van der Waals surface area contributed by atoms with Gasteiger partial charge in [0, 0.05) is 29.5 Å². The van der Waals surface area contributed by atoms with Crippen LogP contribution in [0.3, 0.4) is 0 Å². The van der Waals surface area contributed by atoms with Gasteiger partial charge in [-0.3, -0.25) is 15.1 Å². The van der Waals surface area contributed by atoms with Gasteiger partial charge in [-0.05, 0) is 24.4 Å². The highest BCUT2D eigenvalue weighted by Gasteiger charge is 2.17. The number of aromatic amines is 2. The molecule has 0 saturated heterocycles. The largest absolute Gasteiger partial charge is 0.493 e. The molecule has 0 atom stereocenters. The zero-order chi connectivity index (χ0) is 14.3. The second kappa shape index (κ2) is 4.42. The fourth-order valence-electron chi connectivity index (χ4n) is 1.95. The molecule has 2 heterocycles. The number of hydrogen-bond donors (Lipinski definition) is 3. The Balaban J connectivity index is 2.10. The maximum Gasteiger partial charge on any atom is 0.270 e. The van der Waals surface area contributed by atoms with Gasteiger partial charge in [0.25, 0.3) is 5.69 Å². The summed E-state index contributed by atoms with van der Waals surface area (Å²) >= 11 is 4.87. The molecule has 0 bridgehead atoms. The van der Waals surface area contributed by atoms with Crippen molar-refractivity contribution < 1.29 is 10.0 Å². The van der Waals surface area contributed by atoms with Crippen LogP contribution in [0.25, 0.3) is 11.6 Å². The van der Waals surface area contributed by atoms with E-state index in [0.29, 0.717) is 27.3 Å². The highest BCUT2D eigenvalue weighted by atomic mass is 32.1. The van der Waals surface area contributed by atoms with Crippen LogP contribution >= 0.6 is 12.2 Å². The van der Waals surface area contributed by atoms with E-state index in [2.05, 4.69) is 15.0 Å². The second-order valence-electron chi connectivity index (χ2n) is 4.16. The van der Waals surface area contributed by atoms with Crippen molar-refractivity contribution >= 4 is 41.5 Å². The third kappa shape index (κ3) is 2.01. The van der Waals surface area contributed by atoms with Crippen molar-refractivity contribution in [3.05, 3.63) is 44.3 Å². The Kier molecular flexibility index (Phi) is 2.72. The third-order valence-electron chi connectivity index (χ3n) is 2.88. The summed E-state index contributed by atoms with van der Waals surface area (Å²) in [6.45, 7) is 0. The molecule has 7 nitrogen and oxygen atoms in total. The molecule has 0 saturated carbocycles. The minimum absolute atomic E-state index is 0.00798. The number of rotatable bonds is 2. The lowest BCUT2D eigenvalue weighted by molar-refractivity contribution is -0.384. The molecule has 0 aliphatic carbocycles. The van der Waals surface area contributed by atoms with Crippen molar-refractivity contribution in [3.63, 3.8) is 0 Å². The Morgan fingerprint density at radius 1 is 1.40 bits per heavy atom. The third-order valence-corrected chi connectivity index (χ3v) is 3.08. The van der Waals surface area contributed by atoms with E-state index < -0.39 is 4.92 Å². The fraction of sp³-hybridized carbons (Fsp3) is 0. The van der Waals surface area contributed by atoms with Crippen LogP contribution in [0.4, 0.5) is 11.4 Å². The van der Waals surface area contributed by atoms with Crippen LogP contribution in [0.2, 0.25) is 0 Å². The van der Waals surface area contributed by atoms with E-state index in [1.165, 1.54) is 12.1 Å². The maximum atomic E-state index is 10.8. The van der Waals surface area contributed by atoms with E-state index in [-0.39, 0.29) is 11.6 Å². The van der Waals surface area contributed by atoms with E-state index in [1.54, 1.807) is 18.4 Å². The molecule has 1 aromatic carbocycles. The first-order valence-corrected chi connectivity index (χ1v) is 6.01. The van der Waals surface area contributed by atoms with Crippen LogP contribution in [0.5, 0.6) is 5.88 Å². The van der Waals surface area contributed by atoms with E-state index in [4.69, 9.17) is 12.2 Å². The molecule has 3 N–H and O–H groups in total. The number of aromatic hydroxyl groups is 1. The number of aliphatic imine (C=N–C) groups is 1. The van der Waals surface area contributed by atoms with Crippen molar-refractivity contribution in [1.82, 2.24) is 9.97 Å². The Bertz CT molecular complexity index is 831. The van der Waals surface area contributed by atoms with Crippen molar-refractivity contribution in [2.45, 2.75) is 0 Å². The molecule has 2 aromatic rings. The normalized spacial score (nSPS) is 14.7. The summed E-state index contributed by atoms with van der Waals surface area (Å²) in [4.78, 5) is 19.8. The van der Waals surface area contributed by atoms with Gasteiger partial charge >= 0.3 is 0 Å². The van der Waals surface area contributed by atoms with Gasteiger partial charge in [0.15, 0.2) is 4.77 Å². The average molecular weight is 288 g/mol. The number of non-ortho nitro benzene ring substituents is 1. The summed E-state index contributed by atoms with van der Waals surface area (Å²) in [5, 5.41) is 20.4. The van der Waals surface area contributed by atoms with Crippen LogP contribution < -0.4 is 0 Å². The number of aromatic nitrogens is 2. The SMILES string of the molecule is O=[N+]([O-])c1ccc2c(c1)/C(=C/c1[nH]c(=S)[nH]c1O)C=N2. The second-order valence-corrected chi connectivity index (χ2v) is 4.57. The molecule has 0 fully saturated rings. The van der Waals surface area contributed by atoms with Gasteiger partial charge < -0.3 is 15.1 Å². The highest BCUT2D eigenvalue weighted by Crippen LogP contribution is 2.35. The number of benzene rings is 1. The van der Waals surface area contributed by atoms with Crippen molar-refractivity contribution in [2.75, 3.05) is 0 Å². The molecule has 1 aromatic heterocycles. The Hall–Kier alpha value is -2.74. The summed E-state index contributed by atoms with van der Waals surface area (Å²) in [7, 11) is 0. The first kappa shape index (κ1) is 12.3. The van der Waals surface area contributed by atoms with Crippen LogP contribution in [0, 0.1) is 14.9 Å². The number of nitrogens with one attached hydrogen (secondary N) is 2. The zero-order valence-electron chi connectivity index (χ0n) is 9.95. The number of fused-ring (bicyclic) bond motifs is 1. The molecule has 0 radical (unpaired) electrons. The van der Waals surface area contributed by atoms with Crippen molar-refractivity contribution in [1.29, 1.82) is 0 Å². The number of allylic oxidation sites excluding steroid dienone is 1. The van der Waals surface area contributed by atoms with Crippen LogP contribution in [-0.4, -0.2) is 26.2 Å². The van der Waals surface area contributed by atoms with Crippen LogP contribution in [0.15, 0.2) is 23.2 Å². The molecular formula is C12H8N4O3S. The summed E-state index contributed by atoms with van der Waals surface area (Å²) in [6.07, 6.45) is 3.21. The number of imidazole rings is 1. The fourth-order valence-corrected chi connectivity index (χ4v) is 2.16. The monoisotopic (exact) mass is 288 g/mol. The number of nitro benzene ring substituents is 1. The summed E-state index contributed by atoms with van der Waals surface area (Å²) in [6, 6.07) is 4.44. The summed E-state index contributed by atoms with van der Waals surface area (Å²) in [5.74, 6) is -0.0882. The molecule has 20 heavy (non-hydrogen) atoms. The quantitative estimate of drug-likeness (QED) is 0.448. The summed E-state index contributed by atoms with van der Waals surface area (Å²) in [5.41, 5.74) is 2.33. The van der Waals surface area contributed by atoms with Gasteiger partial charge in [0.05, 0.1) is 10.6 Å². The van der Waals surface area contributed by atoms with Crippen LogP contribution in [0.1, 0.15) is 11.3 Å². The van der Waals surface area contributed by atoms with Crippen molar-refractivity contribution in [2.24, 2.45) is 4.99 Å². The number of H-pyrrole nitrogens is 2. The number of nitro groups is 1. The zero-order valence-corrected chi connectivity index (χ0v) is 10.8. The lowest BCUT2D eigenvalue weighted by Gasteiger charge is -1.99. The van der Waals surface area contributed by atoms with Gasteiger partial charge in [0.1, 0.15) is 5.69 Å². The molecular weight excluding hydrogens is 280 g/mol. The molecule has 0 unspecified atom stereocenters. The van der Waals surface area contributed by atoms with Gasteiger partial charge in [-0.2, -0.15) is 0 Å². The summed E-state index contributed by atoms with van der Waals surface area (Å²) < 4.78 is 0.295. The minimum Gasteiger partial charge on any atom is -0.493 e. The molecule has 3 rings (SSSR count).